The number of carboxylic acid groups (broad SMARTS) is 1. The molecular formula is C13H8Cl2N2O3. The average Bonchev–Trinajstić information content (AvgIpc) is 2.42. The van der Waals surface area contributed by atoms with Gasteiger partial charge in [0, 0.05) is 12.4 Å². The number of nitrogens with one attached hydrogen (secondary N) is 1. The van der Waals surface area contributed by atoms with E-state index in [1.165, 1.54) is 24.5 Å². The van der Waals surface area contributed by atoms with Crippen molar-refractivity contribution in [3.05, 3.63) is 57.8 Å². The molecule has 7 heteroatoms. The van der Waals surface area contributed by atoms with Crippen LogP contribution in [0.4, 0.5) is 5.69 Å². The molecule has 2 rings (SSSR count). The summed E-state index contributed by atoms with van der Waals surface area (Å²) in [5.74, 6) is -1.65. The largest absolute Gasteiger partial charge is 0.478 e. The maximum atomic E-state index is 11.9. The van der Waals surface area contributed by atoms with Crippen LogP contribution in [0.3, 0.4) is 0 Å². The summed E-state index contributed by atoms with van der Waals surface area (Å²) in [6.45, 7) is 0. The molecule has 5 nitrogen and oxygen atoms in total. The van der Waals surface area contributed by atoms with E-state index < -0.39 is 11.9 Å². The Labute approximate surface area is 124 Å². The summed E-state index contributed by atoms with van der Waals surface area (Å²) >= 11 is 11.7. The molecule has 2 aromatic rings. The van der Waals surface area contributed by atoms with E-state index in [4.69, 9.17) is 28.3 Å². The molecule has 20 heavy (non-hydrogen) atoms. The van der Waals surface area contributed by atoms with Crippen LogP contribution in [0.1, 0.15) is 20.7 Å². The molecule has 0 aliphatic carbocycles. The van der Waals surface area contributed by atoms with E-state index >= 15 is 0 Å². The summed E-state index contributed by atoms with van der Waals surface area (Å²) in [5, 5.41) is 11.6. The third-order valence-corrected chi connectivity index (χ3v) is 3.08. The monoisotopic (exact) mass is 310 g/mol. The number of hydrogen-bond donors (Lipinski definition) is 2. The fourth-order valence-electron chi connectivity index (χ4n) is 1.50. The van der Waals surface area contributed by atoms with Gasteiger partial charge in [0.05, 0.1) is 26.9 Å². The zero-order valence-electron chi connectivity index (χ0n) is 9.93. The van der Waals surface area contributed by atoms with Crippen LogP contribution >= 0.6 is 23.2 Å². The van der Waals surface area contributed by atoms with Crippen LogP contribution < -0.4 is 5.32 Å². The normalized spacial score (nSPS) is 10.1. The molecule has 102 valence electrons. The third kappa shape index (κ3) is 3.07. The molecule has 0 radical (unpaired) electrons. The first-order valence-corrected chi connectivity index (χ1v) is 6.18. The molecule has 0 aliphatic rings. The Morgan fingerprint density at radius 2 is 1.95 bits per heavy atom. The molecule has 0 atom stereocenters. The first-order valence-electron chi connectivity index (χ1n) is 5.42. The molecule has 1 aromatic heterocycles. The summed E-state index contributed by atoms with van der Waals surface area (Å²) in [4.78, 5) is 26.8. The molecular weight excluding hydrogens is 303 g/mol. The molecule has 1 aromatic carbocycles. The Kier molecular flexibility index (Phi) is 4.22. The summed E-state index contributed by atoms with van der Waals surface area (Å²) < 4.78 is 0. The smallest absolute Gasteiger partial charge is 0.337 e. The first-order chi connectivity index (χ1) is 9.49. The first kappa shape index (κ1) is 14.3. The predicted octanol–water partition coefficient (Wildman–Crippen LogP) is 3.34. The number of carbonyl (C=O) groups is 2. The molecule has 2 N–H and O–H groups in total. The lowest BCUT2D eigenvalue weighted by molar-refractivity contribution is 0.0696. The van der Waals surface area contributed by atoms with E-state index in [1.807, 2.05) is 0 Å². The van der Waals surface area contributed by atoms with Crippen LogP contribution in [0.15, 0.2) is 36.7 Å². The van der Waals surface area contributed by atoms with Crippen molar-refractivity contribution < 1.29 is 14.7 Å². The number of benzene rings is 1. The highest BCUT2D eigenvalue weighted by atomic mass is 35.5. The highest BCUT2D eigenvalue weighted by Crippen LogP contribution is 2.29. The predicted molar refractivity (Wildman–Crippen MR) is 75.6 cm³/mol. The Morgan fingerprint density at radius 1 is 1.20 bits per heavy atom. The number of pyridine rings is 1. The van der Waals surface area contributed by atoms with Crippen molar-refractivity contribution in [2.75, 3.05) is 5.32 Å². The van der Waals surface area contributed by atoms with Gasteiger partial charge in [-0.1, -0.05) is 23.2 Å². The minimum atomic E-state index is -1.21. The number of aromatic carboxylic acids is 1. The molecule has 0 unspecified atom stereocenters. The Hall–Kier alpha value is -2.11. The quantitative estimate of drug-likeness (QED) is 0.911. The third-order valence-electron chi connectivity index (χ3n) is 2.46. The summed E-state index contributed by atoms with van der Waals surface area (Å²) in [6, 6.07) is 5.66. The van der Waals surface area contributed by atoms with Crippen molar-refractivity contribution >= 4 is 40.8 Å². The standard InChI is InChI=1S/C13H8Cl2N2O3/c14-9-5-10(15)11(4-8(9)13(19)20)17-12(18)7-2-1-3-16-6-7/h1-6H,(H,17,18)(H,19,20). The van der Waals surface area contributed by atoms with Gasteiger partial charge >= 0.3 is 5.97 Å². The van der Waals surface area contributed by atoms with Gasteiger partial charge < -0.3 is 10.4 Å². The van der Waals surface area contributed by atoms with E-state index in [9.17, 15) is 9.59 Å². The second-order valence-electron chi connectivity index (χ2n) is 3.81. The molecule has 0 fully saturated rings. The molecule has 0 spiro atoms. The Bertz CT molecular complexity index is 675. The second-order valence-corrected chi connectivity index (χ2v) is 4.63. The average molecular weight is 311 g/mol. The number of nitrogens with zero attached hydrogens (tertiary/aromatic N) is 1. The van der Waals surface area contributed by atoms with E-state index in [-0.39, 0.29) is 21.3 Å². The number of anilines is 1. The van der Waals surface area contributed by atoms with Gasteiger partial charge in [0.2, 0.25) is 0 Å². The number of carboxylic acids is 1. The van der Waals surface area contributed by atoms with Gasteiger partial charge in [-0.15, -0.1) is 0 Å². The van der Waals surface area contributed by atoms with Gasteiger partial charge in [-0.05, 0) is 24.3 Å². The molecule has 1 amide bonds. The number of carbonyl (C=O) groups excluding carboxylic acids is 1. The van der Waals surface area contributed by atoms with Crippen LogP contribution in [0, 0.1) is 0 Å². The number of rotatable bonds is 3. The van der Waals surface area contributed by atoms with Gasteiger partial charge in [-0.2, -0.15) is 0 Å². The molecule has 0 bridgehead atoms. The molecule has 1 heterocycles. The van der Waals surface area contributed by atoms with Crippen LogP contribution in [-0.2, 0) is 0 Å². The van der Waals surface area contributed by atoms with E-state index in [1.54, 1.807) is 12.1 Å². The topological polar surface area (TPSA) is 79.3 Å². The number of hydrogen-bond acceptors (Lipinski definition) is 3. The lowest BCUT2D eigenvalue weighted by Gasteiger charge is -2.09. The SMILES string of the molecule is O=C(Nc1cc(C(=O)O)c(Cl)cc1Cl)c1cccnc1. The summed E-state index contributed by atoms with van der Waals surface area (Å²) in [6.07, 6.45) is 2.92. The van der Waals surface area contributed by atoms with Gasteiger partial charge in [0.25, 0.3) is 5.91 Å². The van der Waals surface area contributed by atoms with Crippen LogP contribution in [0.25, 0.3) is 0 Å². The Balaban J connectivity index is 2.32. The van der Waals surface area contributed by atoms with Crippen molar-refractivity contribution in [2.45, 2.75) is 0 Å². The van der Waals surface area contributed by atoms with Crippen molar-refractivity contribution in [1.82, 2.24) is 4.98 Å². The number of amides is 1. The minimum absolute atomic E-state index is 0.00174. The summed E-state index contributed by atoms with van der Waals surface area (Å²) in [5.41, 5.74) is 0.357. The lowest BCUT2D eigenvalue weighted by atomic mass is 10.2. The van der Waals surface area contributed by atoms with Crippen molar-refractivity contribution in [3.63, 3.8) is 0 Å². The maximum Gasteiger partial charge on any atom is 0.337 e. The highest BCUT2D eigenvalue weighted by Gasteiger charge is 2.15. The molecule has 0 saturated carbocycles. The maximum absolute atomic E-state index is 11.9. The second kappa shape index (κ2) is 5.90. The van der Waals surface area contributed by atoms with E-state index in [0.717, 1.165) is 0 Å². The van der Waals surface area contributed by atoms with E-state index in [0.29, 0.717) is 5.56 Å². The fraction of sp³-hybridized carbons (Fsp3) is 0. The van der Waals surface area contributed by atoms with Gasteiger partial charge in [0.1, 0.15) is 0 Å². The number of aromatic nitrogens is 1. The van der Waals surface area contributed by atoms with E-state index in [2.05, 4.69) is 10.3 Å². The zero-order valence-corrected chi connectivity index (χ0v) is 11.4. The molecule has 0 aliphatic heterocycles. The molecule has 0 saturated heterocycles. The fourth-order valence-corrected chi connectivity index (χ4v) is 2.01. The van der Waals surface area contributed by atoms with Crippen LogP contribution in [0.2, 0.25) is 10.0 Å². The lowest BCUT2D eigenvalue weighted by Crippen LogP contribution is -2.13. The van der Waals surface area contributed by atoms with Crippen molar-refractivity contribution in [3.8, 4) is 0 Å². The van der Waals surface area contributed by atoms with Crippen molar-refractivity contribution in [2.24, 2.45) is 0 Å². The van der Waals surface area contributed by atoms with Gasteiger partial charge in [-0.3, -0.25) is 9.78 Å². The van der Waals surface area contributed by atoms with Gasteiger partial charge in [-0.25, -0.2) is 4.79 Å². The van der Waals surface area contributed by atoms with Crippen molar-refractivity contribution in [1.29, 1.82) is 0 Å². The summed E-state index contributed by atoms with van der Waals surface area (Å²) in [7, 11) is 0. The minimum Gasteiger partial charge on any atom is -0.478 e. The number of halogens is 2. The Morgan fingerprint density at radius 3 is 2.55 bits per heavy atom. The van der Waals surface area contributed by atoms with Crippen LogP contribution in [-0.4, -0.2) is 22.0 Å². The van der Waals surface area contributed by atoms with Gasteiger partial charge in [0.15, 0.2) is 0 Å². The highest BCUT2D eigenvalue weighted by molar-refractivity contribution is 6.38. The van der Waals surface area contributed by atoms with Crippen LogP contribution in [0.5, 0.6) is 0 Å². The zero-order chi connectivity index (χ0) is 14.7.